The Hall–Kier alpha value is -1.52. The molecule has 0 aliphatic carbocycles. The molecule has 0 saturated heterocycles. The highest BCUT2D eigenvalue weighted by molar-refractivity contribution is 9.10. The zero-order chi connectivity index (χ0) is 21.7. The molecule has 0 unspecified atom stereocenters. The van der Waals surface area contributed by atoms with Crippen molar-refractivity contribution in [1.82, 2.24) is 5.32 Å². The number of benzene rings is 2. The number of ether oxygens (including phenoxy) is 2. The van der Waals surface area contributed by atoms with Crippen molar-refractivity contribution in [2.75, 3.05) is 6.61 Å². The van der Waals surface area contributed by atoms with Gasteiger partial charge in [0.05, 0.1) is 11.1 Å². The van der Waals surface area contributed by atoms with E-state index >= 15 is 0 Å². The third-order valence-corrected chi connectivity index (χ3v) is 5.33. The maximum atomic E-state index is 6.16. The van der Waals surface area contributed by atoms with E-state index in [2.05, 4.69) is 87.1 Å². The van der Waals surface area contributed by atoms with E-state index in [1.54, 1.807) is 0 Å². The molecule has 0 bridgehead atoms. The summed E-state index contributed by atoms with van der Waals surface area (Å²) in [4.78, 5) is 0. The summed E-state index contributed by atoms with van der Waals surface area (Å²) in [5.74, 6) is 1.54. The van der Waals surface area contributed by atoms with Gasteiger partial charge in [-0.25, -0.2) is 0 Å². The smallest absolute Gasteiger partial charge is 0.175 e. The van der Waals surface area contributed by atoms with Crippen molar-refractivity contribution in [3.63, 3.8) is 0 Å². The molecular weight excluding hydrogens is 426 g/mol. The molecule has 0 amide bonds. The van der Waals surface area contributed by atoms with Crippen LogP contribution in [-0.4, -0.2) is 12.1 Å². The number of halogens is 1. The van der Waals surface area contributed by atoms with E-state index in [1.165, 1.54) is 16.7 Å². The first kappa shape index (κ1) is 23.8. The zero-order valence-corrected chi connectivity index (χ0v) is 20.6. The number of aryl methyl sites for hydroxylation is 1. The molecule has 0 aliphatic rings. The van der Waals surface area contributed by atoms with Crippen LogP contribution in [0.15, 0.2) is 40.9 Å². The van der Waals surface area contributed by atoms with Gasteiger partial charge in [0.1, 0.15) is 6.61 Å². The molecule has 0 aliphatic heterocycles. The summed E-state index contributed by atoms with van der Waals surface area (Å²) in [5.41, 5.74) is 3.91. The second kappa shape index (κ2) is 9.99. The molecule has 2 aromatic rings. The molecule has 160 valence electrons. The Balaban J connectivity index is 2.15. The highest BCUT2D eigenvalue weighted by Gasteiger charge is 2.25. The topological polar surface area (TPSA) is 30.5 Å². The largest absolute Gasteiger partial charge is 0.490 e. The zero-order valence-electron chi connectivity index (χ0n) is 19.0. The molecule has 29 heavy (non-hydrogen) atoms. The van der Waals surface area contributed by atoms with Crippen molar-refractivity contribution in [2.24, 2.45) is 5.41 Å². The van der Waals surface area contributed by atoms with Crippen LogP contribution in [0.1, 0.15) is 64.7 Å². The SMILES string of the molecule is CCOc1cc(CNC(C)(C)CC(C)(C)C)cc(Br)c1OCc1ccccc1C. The van der Waals surface area contributed by atoms with E-state index in [0.29, 0.717) is 13.2 Å². The van der Waals surface area contributed by atoms with E-state index in [0.717, 1.165) is 28.9 Å². The highest BCUT2D eigenvalue weighted by Crippen LogP contribution is 2.38. The van der Waals surface area contributed by atoms with E-state index in [9.17, 15) is 0 Å². The van der Waals surface area contributed by atoms with Crippen LogP contribution in [0.5, 0.6) is 11.5 Å². The fourth-order valence-electron chi connectivity index (χ4n) is 3.78. The van der Waals surface area contributed by atoms with Crippen molar-refractivity contribution >= 4 is 15.9 Å². The Morgan fingerprint density at radius 1 is 1.00 bits per heavy atom. The van der Waals surface area contributed by atoms with Gasteiger partial charge in [-0.3, -0.25) is 0 Å². The average Bonchev–Trinajstić information content (AvgIpc) is 2.59. The van der Waals surface area contributed by atoms with Crippen molar-refractivity contribution in [3.05, 3.63) is 57.6 Å². The Kier molecular flexibility index (Phi) is 8.18. The first-order valence-corrected chi connectivity index (χ1v) is 11.2. The van der Waals surface area contributed by atoms with Crippen LogP contribution in [0.4, 0.5) is 0 Å². The Morgan fingerprint density at radius 2 is 1.69 bits per heavy atom. The number of hydrogen-bond acceptors (Lipinski definition) is 3. The summed E-state index contributed by atoms with van der Waals surface area (Å²) < 4.78 is 13.0. The minimum absolute atomic E-state index is 0.0521. The van der Waals surface area contributed by atoms with Gasteiger partial charge in [-0.05, 0) is 84.3 Å². The Labute approximate surface area is 185 Å². The van der Waals surface area contributed by atoms with Gasteiger partial charge in [0.15, 0.2) is 11.5 Å². The normalized spacial score (nSPS) is 12.1. The molecule has 2 rings (SSSR count). The summed E-state index contributed by atoms with van der Waals surface area (Å²) in [6.07, 6.45) is 1.09. The molecule has 0 heterocycles. The number of hydrogen-bond donors (Lipinski definition) is 1. The Morgan fingerprint density at radius 3 is 2.31 bits per heavy atom. The van der Waals surface area contributed by atoms with E-state index in [-0.39, 0.29) is 11.0 Å². The second-order valence-electron chi connectivity index (χ2n) is 9.53. The van der Waals surface area contributed by atoms with Gasteiger partial charge in [-0.2, -0.15) is 0 Å². The molecule has 1 N–H and O–H groups in total. The van der Waals surface area contributed by atoms with Crippen LogP contribution in [-0.2, 0) is 13.2 Å². The van der Waals surface area contributed by atoms with E-state index in [4.69, 9.17) is 9.47 Å². The predicted octanol–water partition coefficient (Wildman–Crippen LogP) is 7.04. The molecule has 2 aromatic carbocycles. The number of rotatable bonds is 9. The maximum absolute atomic E-state index is 6.16. The molecule has 3 nitrogen and oxygen atoms in total. The molecule has 0 atom stereocenters. The van der Waals surface area contributed by atoms with Crippen molar-refractivity contribution in [2.45, 2.75) is 73.6 Å². The standard InChI is InChI=1S/C25H36BrNO2/c1-8-28-22-14-19(15-27-25(6,7)17-24(3,4)5)13-21(26)23(22)29-16-20-12-10-9-11-18(20)2/h9-14,27H,8,15-17H2,1-7H3. The van der Waals surface area contributed by atoms with Crippen molar-refractivity contribution < 1.29 is 9.47 Å². The van der Waals surface area contributed by atoms with Crippen LogP contribution >= 0.6 is 15.9 Å². The summed E-state index contributed by atoms with van der Waals surface area (Å²) in [7, 11) is 0. The van der Waals surface area contributed by atoms with Crippen LogP contribution in [0.3, 0.4) is 0 Å². The van der Waals surface area contributed by atoms with Gasteiger partial charge < -0.3 is 14.8 Å². The van der Waals surface area contributed by atoms with Gasteiger partial charge in [0, 0.05) is 12.1 Å². The summed E-state index contributed by atoms with van der Waals surface area (Å²) >= 11 is 3.70. The summed E-state index contributed by atoms with van der Waals surface area (Å²) in [6, 6.07) is 12.5. The van der Waals surface area contributed by atoms with E-state index < -0.39 is 0 Å². The summed E-state index contributed by atoms with van der Waals surface area (Å²) in [5, 5.41) is 3.70. The van der Waals surface area contributed by atoms with Gasteiger partial charge in [0.2, 0.25) is 0 Å². The van der Waals surface area contributed by atoms with Crippen molar-refractivity contribution in [1.29, 1.82) is 0 Å². The molecule has 4 heteroatoms. The molecule has 0 radical (unpaired) electrons. The fraction of sp³-hybridized carbons (Fsp3) is 0.520. The minimum atomic E-state index is 0.0521. The van der Waals surface area contributed by atoms with Gasteiger partial charge in [-0.1, -0.05) is 45.0 Å². The van der Waals surface area contributed by atoms with E-state index in [1.807, 2.05) is 19.1 Å². The average molecular weight is 462 g/mol. The monoisotopic (exact) mass is 461 g/mol. The molecule has 0 saturated carbocycles. The van der Waals surface area contributed by atoms with Crippen LogP contribution in [0.25, 0.3) is 0 Å². The lowest BCUT2D eigenvalue weighted by molar-refractivity contribution is 0.240. The van der Waals surface area contributed by atoms with Crippen LogP contribution in [0, 0.1) is 12.3 Å². The molecular formula is C25H36BrNO2. The van der Waals surface area contributed by atoms with Gasteiger partial charge in [-0.15, -0.1) is 0 Å². The first-order chi connectivity index (χ1) is 13.5. The third-order valence-electron chi connectivity index (χ3n) is 4.75. The molecule has 0 aromatic heterocycles. The van der Waals surface area contributed by atoms with Gasteiger partial charge >= 0.3 is 0 Å². The number of nitrogens with one attached hydrogen (secondary N) is 1. The quantitative estimate of drug-likeness (QED) is 0.434. The van der Waals surface area contributed by atoms with Crippen LogP contribution in [0.2, 0.25) is 0 Å². The highest BCUT2D eigenvalue weighted by atomic mass is 79.9. The minimum Gasteiger partial charge on any atom is -0.490 e. The van der Waals surface area contributed by atoms with Gasteiger partial charge in [0.25, 0.3) is 0 Å². The second-order valence-corrected chi connectivity index (χ2v) is 10.4. The maximum Gasteiger partial charge on any atom is 0.175 e. The van der Waals surface area contributed by atoms with Crippen LogP contribution < -0.4 is 14.8 Å². The lowest BCUT2D eigenvalue weighted by Gasteiger charge is -2.33. The fourth-order valence-corrected chi connectivity index (χ4v) is 4.38. The molecule has 0 fully saturated rings. The molecule has 0 spiro atoms. The lowest BCUT2D eigenvalue weighted by atomic mass is 9.82. The predicted molar refractivity (Wildman–Crippen MR) is 126 cm³/mol. The third kappa shape index (κ3) is 7.67. The summed E-state index contributed by atoms with van der Waals surface area (Å²) in [6.45, 7) is 17.3. The Bertz CT molecular complexity index is 809. The lowest BCUT2D eigenvalue weighted by Crippen LogP contribution is -2.41. The van der Waals surface area contributed by atoms with Crippen molar-refractivity contribution in [3.8, 4) is 11.5 Å². The first-order valence-electron chi connectivity index (χ1n) is 10.4.